The van der Waals surface area contributed by atoms with Crippen LogP contribution in [0.3, 0.4) is 0 Å². The predicted molar refractivity (Wildman–Crippen MR) is 84.2 cm³/mol. The van der Waals surface area contributed by atoms with Gasteiger partial charge in [0.25, 0.3) is 0 Å². The standard InChI is InChI=1S/C14H15ClN4OS/c1-9(15)13-17-11-3-4-12(20-2)18-14(11)19(13)6-5-10-7-21-8-16-10/h3-4,7-9H,5-6H2,1-2H3. The van der Waals surface area contributed by atoms with Crippen LogP contribution < -0.4 is 4.74 Å². The van der Waals surface area contributed by atoms with E-state index >= 15 is 0 Å². The van der Waals surface area contributed by atoms with Gasteiger partial charge in [0, 0.05) is 24.4 Å². The summed E-state index contributed by atoms with van der Waals surface area (Å²) >= 11 is 7.86. The molecular weight excluding hydrogens is 308 g/mol. The molecule has 1 unspecified atom stereocenters. The number of nitrogens with zero attached hydrogens (tertiary/aromatic N) is 4. The molecule has 3 aromatic rings. The molecule has 0 aliphatic carbocycles. The highest BCUT2D eigenvalue weighted by Gasteiger charge is 2.16. The summed E-state index contributed by atoms with van der Waals surface area (Å²) in [5, 5.41) is 1.87. The van der Waals surface area contributed by atoms with Crippen molar-refractivity contribution >= 4 is 34.1 Å². The number of methoxy groups -OCH3 is 1. The highest BCUT2D eigenvalue weighted by molar-refractivity contribution is 7.07. The zero-order valence-electron chi connectivity index (χ0n) is 11.8. The van der Waals surface area contributed by atoms with E-state index in [9.17, 15) is 0 Å². The fourth-order valence-corrected chi connectivity index (χ4v) is 2.99. The third kappa shape index (κ3) is 2.87. The fraction of sp³-hybridized carbons (Fsp3) is 0.357. The summed E-state index contributed by atoms with van der Waals surface area (Å²) in [6.45, 7) is 2.66. The third-order valence-electron chi connectivity index (χ3n) is 3.24. The van der Waals surface area contributed by atoms with Gasteiger partial charge in [-0.15, -0.1) is 22.9 Å². The number of ether oxygens (including phenoxy) is 1. The Labute approximate surface area is 131 Å². The maximum atomic E-state index is 6.26. The van der Waals surface area contributed by atoms with Crippen molar-refractivity contribution in [3.63, 3.8) is 0 Å². The molecule has 0 fully saturated rings. The van der Waals surface area contributed by atoms with Gasteiger partial charge in [0.05, 0.1) is 23.7 Å². The van der Waals surface area contributed by atoms with Gasteiger partial charge in [0.1, 0.15) is 11.3 Å². The third-order valence-corrected chi connectivity index (χ3v) is 4.07. The second-order valence-corrected chi connectivity index (χ2v) is 6.04. The lowest BCUT2D eigenvalue weighted by Gasteiger charge is -2.09. The Hall–Kier alpha value is -1.66. The van der Waals surface area contributed by atoms with Crippen molar-refractivity contribution < 1.29 is 4.74 Å². The Morgan fingerprint density at radius 1 is 1.38 bits per heavy atom. The Kier molecular flexibility index (Phi) is 4.07. The number of aryl methyl sites for hydroxylation is 2. The van der Waals surface area contributed by atoms with Crippen LogP contribution in [0.5, 0.6) is 5.88 Å². The number of pyridine rings is 1. The van der Waals surface area contributed by atoms with Crippen LogP contribution in [0.25, 0.3) is 11.2 Å². The smallest absolute Gasteiger partial charge is 0.215 e. The highest BCUT2D eigenvalue weighted by Crippen LogP contribution is 2.25. The van der Waals surface area contributed by atoms with Gasteiger partial charge < -0.3 is 9.30 Å². The van der Waals surface area contributed by atoms with Gasteiger partial charge in [0.15, 0.2) is 5.65 Å². The van der Waals surface area contributed by atoms with Crippen LogP contribution in [0, 0.1) is 0 Å². The van der Waals surface area contributed by atoms with Crippen LogP contribution >= 0.6 is 22.9 Å². The van der Waals surface area contributed by atoms with Crippen molar-refractivity contribution in [2.75, 3.05) is 7.11 Å². The largest absolute Gasteiger partial charge is 0.481 e. The summed E-state index contributed by atoms with van der Waals surface area (Å²) in [6, 6.07) is 3.71. The van der Waals surface area contributed by atoms with Crippen LogP contribution in [0.15, 0.2) is 23.0 Å². The fourth-order valence-electron chi connectivity index (χ4n) is 2.23. The molecule has 0 saturated heterocycles. The maximum Gasteiger partial charge on any atom is 0.215 e. The highest BCUT2D eigenvalue weighted by atomic mass is 35.5. The van der Waals surface area contributed by atoms with Crippen LogP contribution in [0.1, 0.15) is 23.8 Å². The van der Waals surface area contributed by atoms with Gasteiger partial charge in [-0.05, 0) is 13.0 Å². The first-order valence-electron chi connectivity index (χ1n) is 6.61. The second kappa shape index (κ2) is 5.99. The number of rotatable bonds is 5. The summed E-state index contributed by atoms with van der Waals surface area (Å²) < 4.78 is 7.25. The van der Waals surface area contributed by atoms with E-state index in [0.29, 0.717) is 5.88 Å². The molecule has 7 heteroatoms. The number of thiazole rings is 1. The van der Waals surface area contributed by atoms with E-state index in [0.717, 1.165) is 35.6 Å². The van der Waals surface area contributed by atoms with E-state index in [1.807, 2.05) is 24.6 Å². The lowest BCUT2D eigenvalue weighted by atomic mass is 10.3. The van der Waals surface area contributed by atoms with Crippen LogP contribution in [-0.2, 0) is 13.0 Å². The molecule has 0 aromatic carbocycles. The average Bonchev–Trinajstić information content (AvgIpc) is 3.11. The zero-order chi connectivity index (χ0) is 14.8. The summed E-state index contributed by atoms with van der Waals surface area (Å²) in [7, 11) is 1.61. The van der Waals surface area contributed by atoms with E-state index in [1.165, 1.54) is 0 Å². The number of hydrogen-bond acceptors (Lipinski definition) is 5. The molecule has 0 radical (unpaired) electrons. The maximum absolute atomic E-state index is 6.26. The first-order chi connectivity index (χ1) is 10.2. The minimum Gasteiger partial charge on any atom is -0.481 e. The molecule has 3 rings (SSSR count). The van der Waals surface area contributed by atoms with Crippen LogP contribution in [0.4, 0.5) is 0 Å². The summed E-state index contributed by atoms with van der Waals surface area (Å²) in [5.41, 5.74) is 4.54. The first kappa shape index (κ1) is 14.3. The molecule has 0 aliphatic heterocycles. The van der Waals surface area contributed by atoms with Gasteiger partial charge in [0.2, 0.25) is 5.88 Å². The second-order valence-electron chi connectivity index (χ2n) is 4.66. The van der Waals surface area contributed by atoms with Crippen molar-refractivity contribution in [2.45, 2.75) is 25.3 Å². The number of halogens is 1. The zero-order valence-corrected chi connectivity index (χ0v) is 13.4. The number of imidazole rings is 1. The van der Waals surface area contributed by atoms with E-state index in [-0.39, 0.29) is 5.38 Å². The minimum atomic E-state index is -0.180. The molecule has 3 heterocycles. The molecule has 3 aromatic heterocycles. The number of fused-ring (bicyclic) bond motifs is 1. The van der Waals surface area contributed by atoms with E-state index < -0.39 is 0 Å². The molecule has 0 bridgehead atoms. The van der Waals surface area contributed by atoms with Crippen molar-refractivity contribution in [2.24, 2.45) is 0 Å². The SMILES string of the molecule is COc1ccc2nc(C(C)Cl)n(CCc3cscn3)c2n1. The van der Waals surface area contributed by atoms with Gasteiger partial charge in [-0.3, -0.25) is 0 Å². The molecule has 0 saturated carbocycles. The summed E-state index contributed by atoms with van der Waals surface area (Å²) in [6.07, 6.45) is 0.824. The number of hydrogen-bond donors (Lipinski definition) is 0. The molecule has 0 N–H and O–H groups in total. The van der Waals surface area contributed by atoms with Gasteiger partial charge in [-0.25, -0.2) is 9.97 Å². The molecule has 5 nitrogen and oxygen atoms in total. The van der Waals surface area contributed by atoms with E-state index in [4.69, 9.17) is 16.3 Å². The molecule has 0 aliphatic rings. The van der Waals surface area contributed by atoms with Gasteiger partial charge >= 0.3 is 0 Å². The van der Waals surface area contributed by atoms with Crippen LogP contribution in [-0.4, -0.2) is 26.6 Å². The van der Waals surface area contributed by atoms with Crippen LogP contribution in [0.2, 0.25) is 0 Å². The van der Waals surface area contributed by atoms with E-state index in [2.05, 4.69) is 24.9 Å². The lowest BCUT2D eigenvalue weighted by molar-refractivity contribution is 0.399. The Morgan fingerprint density at radius 3 is 2.90 bits per heavy atom. The van der Waals surface area contributed by atoms with Crippen molar-refractivity contribution in [3.8, 4) is 5.88 Å². The monoisotopic (exact) mass is 322 g/mol. The molecular formula is C14H15ClN4OS. The summed E-state index contributed by atoms with van der Waals surface area (Å²) in [4.78, 5) is 13.4. The quantitative estimate of drug-likeness (QED) is 0.675. The Balaban J connectivity index is 2.01. The van der Waals surface area contributed by atoms with Gasteiger partial charge in [-0.1, -0.05) is 0 Å². The average molecular weight is 323 g/mol. The lowest BCUT2D eigenvalue weighted by Crippen LogP contribution is -2.08. The molecule has 21 heavy (non-hydrogen) atoms. The molecule has 0 amide bonds. The Bertz CT molecular complexity index is 739. The molecule has 1 atom stereocenters. The minimum absolute atomic E-state index is 0.180. The predicted octanol–water partition coefficient (Wildman–Crippen LogP) is 3.44. The molecule has 0 spiro atoms. The molecule has 110 valence electrons. The Morgan fingerprint density at radius 2 is 2.24 bits per heavy atom. The van der Waals surface area contributed by atoms with E-state index in [1.54, 1.807) is 18.4 Å². The topological polar surface area (TPSA) is 52.8 Å². The number of alkyl halides is 1. The van der Waals surface area contributed by atoms with Crippen molar-refractivity contribution in [1.82, 2.24) is 19.5 Å². The first-order valence-corrected chi connectivity index (χ1v) is 7.99. The van der Waals surface area contributed by atoms with Crippen molar-refractivity contribution in [1.29, 1.82) is 0 Å². The summed E-state index contributed by atoms with van der Waals surface area (Å²) in [5.74, 6) is 1.40. The number of aromatic nitrogens is 4. The van der Waals surface area contributed by atoms with Gasteiger partial charge in [-0.2, -0.15) is 4.98 Å². The van der Waals surface area contributed by atoms with Crippen molar-refractivity contribution in [3.05, 3.63) is 34.5 Å². The normalized spacial score (nSPS) is 12.7.